The van der Waals surface area contributed by atoms with Gasteiger partial charge in [-0.1, -0.05) is 48.7 Å². The van der Waals surface area contributed by atoms with Gasteiger partial charge in [0.05, 0.1) is 40.1 Å². The topological polar surface area (TPSA) is 124 Å². The number of carbonyl (C=O) groups is 2. The van der Waals surface area contributed by atoms with E-state index in [0.717, 1.165) is 95.3 Å². The molecule has 0 aliphatic rings. The minimum atomic E-state index is -0.563. The number of esters is 2. The summed E-state index contributed by atoms with van der Waals surface area (Å²) in [5.74, 6) is 13.6. The molecule has 6 aromatic carbocycles. The Morgan fingerprint density at radius 1 is 0.492 bits per heavy atom. The van der Waals surface area contributed by atoms with Gasteiger partial charge in [0.1, 0.15) is 28.0 Å². The summed E-state index contributed by atoms with van der Waals surface area (Å²) in [6.45, 7) is 1.72. The van der Waals surface area contributed by atoms with E-state index in [2.05, 4.69) is 23.7 Å². The summed E-state index contributed by atoms with van der Waals surface area (Å²) in [5, 5.41) is 18.4. The largest absolute Gasteiger partial charge is 0.494 e. The smallest absolute Gasteiger partial charge is 0.343 e. The van der Waals surface area contributed by atoms with E-state index >= 15 is 0 Å². The lowest BCUT2D eigenvalue weighted by atomic mass is 10.1. The van der Waals surface area contributed by atoms with Crippen LogP contribution in [0.4, 0.5) is 0 Å². The normalized spacial score (nSPS) is 10.6. The molecular formula is C55H49NO8S. The monoisotopic (exact) mass is 883 g/mol. The summed E-state index contributed by atoms with van der Waals surface area (Å²) in [7, 11) is 0. The Morgan fingerprint density at radius 2 is 0.938 bits per heavy atom. The lowest BCUT2D eigenvalue weighted by Gasteiger charge is -2.11. The number of benzene rings is 6. The van der Waals surface area contributed by atoms with Crippen LogP contribution in [0.3, 0.4) is 0 Å². The first-order valence-corrected chi connectivity index (χ1v) is 22.6. The number of hydrogen-bond donors (Lipinski definition) is 2. The molecule has 0 amide bonds. The van der Waals surface area contributed by atoms with Gasteiger partial charge in [0.25, 0.3) is 0 Å². The van der Waals surface area contributed by atoms with Crippen LogP contribution >= 0.6 is 11.3 Å². The zero-order valence-corrected chi connectivity index (χ0v) is 36.8. The maximum absolute atomic E-state index is 13.5. The molecule has 1 aromatic heterocycles. The third kappa shape index (κ3) is 13.9. The van der Waals surface area contributed by atoms with Gasteiger partial charge < -0.3 is 29.2 Å². The van der Waals surface area contributed by atoms with Crippen molar-refractivity contribution in [1.82, 2.24) is 4.98 Å². The highest BCUT2D eigenvalue weighted by molar-refractivity contribution is 7.21. The Kier molecular flexibility index (Phi) is 16.9. The van der Waals surface area contributed by atoms with Crippen LogP contribution in [-0.2, 0) is 0 Å². The molecule has 328 valence electrons. The molecule has 0 saturated heterocycles. The van der Waals surface area contributed by atoms with E-state index < -0.39 is 11.9 Å². The lowest BCUT2D eigenvalue weighted by Crippen LogP contribution is -2.10. The van der Waals surface area contributed by atoms with Gasteiger partial charge >= 0.3 is 11.9 Å². The SMILES string of the molecule is O=C(Oc1ccc(OC(=O)c2ccc(C#Cc3ccc(OCCCCCCO)cc3)cc2)c(-c2nc3ccccc3s2)c1)c1ccc(C#Cc2ccc(OCCCCCCO)cc2)cc1. The summed E-state index contributed by atoms with van der Waals surface area (Å²) in [5.41, 5.74) is 5.13. The Labute approximate surface area is 383 Å². The number of fused-ring (bicyclic) bond motifs is 1. The average molecular weight is 884 g/mol. The van der Waals surface area contributed by atoms with Crippen molar-refractivity contribution in [2.45, 2.75) is 51.4 Å². The summed E-state index contributed by atoms with van der Waals surface area (Å²) < 4.78 is 24.4. The molecule has 0 aliphatic heterocycles. The second-order valence-corrected chi connectivity index (χ2v) is 16.1. The number of hydrogen-bond acceptors (Lipinski definition) is 10. The Morgan fingerprint density at radius 3 is 1.43 bits per heavy atom. The Balaban J connectivity index is 0.972. The molecule has 0 bridgehead atoms. The summed E-state index contributed by atoms with van der Waals surface area (Å²) in [4.78, 5) is 31.7. The van der Waals surface area contributed by atoms with Crippen LogP contribution in [0.15, 0.2) is 140 Å². The fourth-order valence-corrected chi connectivity index (χ4v) is 7.58. The average Bonchev–Trinajstić information content (AvgIpc) is 3.78. The van der Waals surface area contributed by atoms with E-state index in [4.69, 9.17) is 34.1 Å². The van der Waals surface area contributed by atoms with Crippen LogP contribution in [0, 0.1) is 23.7 Å². The van der Waals surface area contributed by atoms with E-state index in [0.29, 0.717) is 34.9 Å². The van der Waals surface area contributed by atoms with Crippen molar-refractivity contribution >= 4 is 33.5 Å². The maximum atomic E-state index is 13.5. The molecule has 0 saturated carbocycles. The number of rotatable bonds is 19. The van der Waals surface area contributed by atoms with Crippen molar-refractivity contribution in [3.8, 4) is 57.3 Å². The highest BCUT2D eigenvalue weighted by atomic mass is 32.1. The molecule has 65 heavy (non-hydrogen) atoms. The molecule has 0 atom stereocenters. The quantitative estimate of drug-likeness (QED) is 0.0353. The number of unbranched alkanes of at least 4 members (excludes halogenated alkanes) is 6. The molecule has 0 aliphatic carbocycles. The van der Waals surface area contributed by atoms with E-state index in [1.807, 2.05) is 72.8 Å². The zero-order chi connectivity index (χ0) is 45.1. The fraction of sp³-hybridized carbons (Fsp3) is 0.218. The number of aromatic nitrogens is 1. The Bertz CT molecular complexity index is 2740. The number of nitrogens with zero attached hydrogens (tertiary/aromatic N) is 1. The van der Waals surface area contributed by atoms with Gasteiger partial charge in [0, 0.05) is 35.5 Å². The van der Waals surface area contributed by atoms with E-state index in [1.165, 1.54) is 11.3 Å². The number of ether oxygens (including phenoxy) is 4. The van der Waals surface area contributed by atoms with Gasteiger partial charge in [0.2, 0.25) is 0 Å². The minimum Gasteiger partial charge on any atom is -0.494 e. The van der Waals surface area contributed by atoms with Crippen LogP contribution < -0.4 is 18.9 Å². The minimum absolute atomic E-state index is 0.229. The fourth-order valence-electron chi connectivity index (χ4n) is 6.59. The highest BCUT2D eigenvalue weighted by Gasteiger charge is 2.19. The van der Waals surface area contributed by atoms with Gasteiger partial charge in [-0.15, -0.1) is 11.3 Å². The summed E-state index contributed by atoms with van der Waals surface area (Å²) in [6, 6.07) is 41.6. The first-order chi connectivity index (χ1) is 31.9. The number of aliphatic hydroxyl groups is 2. The van der Waals surface area contributed by atoms with Gasteiger partial charge in [-0.05, 0) is 166 Å². The van der Waals surface area contributed by atoms with Crippen molar-refractivity contribution < 1.29 is 38.7 Å². The first kappa shape index (κ1) is 45.8. The van der Waals surface area contributed by atoms with E-state index in [9.17, 15) is 9.59 Å². The molecule has 2 N–H and O–H groups in total. The van der Waals surface area contributed by atoms with Crippen molar-refractivity contribution in [3.63, 3.8) is 0 Å². The van der Waals surface area contributed by atoms with Crippen molar-refractivity contribution in [1.29, 1.82) is 0 Å². The maximum Gasteiger partial charge on any atom is 0.343 e. The lowest BCUT2D eigenvalue weighted by molar-refractivity contribution is 0.0720. The molecule has 0 unspecified atom stereocenters. The molecule has 1 heterocycles. The summed E-state index contributed by atoms with van der Waals surface area (Å²) >= 11 is 1.44. The zero-order valence-electron chi connectivity index (χ0n) is 36.0. The number of para-hydroxylation sites is 1. The second-order valence-electron chi connectivity index (χ2n) is 15.1. The standard InChI is InChI=1S/C55H49NO8S/c57-35-7-1-3-9-37-61-46-29-21-42(22-30-46)15-13-40-17-25-44(26-18-40)54(59)63-48-33-34-51(49(39-48)53-56-50-11-5-6-12-52(50)65-53)64-55(60)45-27-19-41(20-28-45)14-16-43-23-31-47(32-24-43)62-38-10-4-2-8-36-58/h5-6,11-12,17-34,39,57-58H,1-4,7-10,35-38H2. The molecule has 0 radical (unpaired) electrons. The van der Waals surface area contributed by atoms with Gasteiger partial charge in [0.15, 0.2) is 0 Å². The molecule has 0 spiro atoms. The molecule has 7 aromatic rings. The van der Waals surface area contributed by atoms with Crippen molar-refractivity contribution in [3.05, 3.63) is 173 Å². The van der Waals surface area contributed by atoms with Crippen LogP contribution in [0.2, 0.25) is 0 Å². The van der Waals surface area contributed by atoms with Crippen LogP contribution in [-0.4, -0.2) is 53.6 Å². The van der Waals surface area contributed by atoms with Crippen LogP contribution in [0.1, 0.15) is 94.3 Å². The van der Waals surface area contributed by atoms with Crippen molar-refractivity contribution in [2.24, 2.45) is 0 Å². The molecule has 10 heteroatoms. The van der Waals surface area contributed by atoms with Crippen LogP contribution in [0.25, 0.3) is 20.8 Å². The molecule has 0 fully saturated rings. The number of thiazole rings is 1. The van der Waals surface area contributed by atoms with E-state index in [-0.39, 0.29) is 24.7 Å². The third-order valence-corrected chi connectivity index (χ3v) is 11.3. The number of carbonyl (C=O) groups excluding carboxylic acids is 2. The van der Waals surface area contributed by atoms with E-state index in [1.54, 1.807) is 66.7 Å². The highest BCUT2D eigenvalue weighted by Crippen LogP contribution is 2.38. The predicted molar refractivity (Wildman–Crippen MR) is 255 cm³/mol. The molecular weight excluding hydrogens is 835 g/mol. The number of aliphatic hydroxyl groups excluding tert-OH is 2. The Hall–Kier alpha value is -7.21. The third-order valence-electron chi connectivity index (χ3n) is 10.2. The molecule has 9 nitrogen and oxygen atoms in total. The second kappa shape index (κ2) is 24.0. The van der Waals surface area contributed by atoms with Crippen molar-refractivity contribution in [2.75, 3.05) is 26.4 Å². The summed E-state index contributed by atoms with van der Waals surface area (Å²) in [6.07, 6.45) is 7.58. The molecule has 7 rings (SSSR count). The first-order valence-electron chi connectivity index (χ1n) is 21.8. The van der Waals surface area contributed by atoms with Gasteiger partial charge in [-0.3, -0.25) is 0 Å². The van der Waals surface area contributed by atoms with Gasteiger partial charge in [-0.25, -0.2) is 14.6 Å². The predicted octanol–water partition coefficient (Wildman–Crippen LogP) is 11.1. The van der Waals surface area contributed by atoms with Crippen LogP contribution in [0.5, 0.6) is 23.0 Å². The van der Waals surface area contributed by atoms with Gasteiger partial charge in [-0.2, -0.15) is 0 Å².